The van der Waals surface area contributed by atoms with Crippen molar-refractivity contribution in [2.24, 2.45) is 0 Å². The quantitative estimate of drug-likeness (QED) is 0.531. The van der Waals surface area contributed by atoms with E-state index in [0.29, 0.717) is 41.5 Å². The third kappa shape index (κ3) is 4.96. The van der Waals surface area contributed by atoms with Crippen molar-refractivity contribution in [1.29, 1.82) is 0 Å². The number of methoxy groups -OCH3 is 3. The fourth-order valence-corrected chi connectivity index (χ4v) is 5.51. The molecule has 0 unspecified atom stereocenters. The minimum absolute atomic E-state index is 0.236. The molecule has 0 bridgehead atoms. The standard InChI is InChI=1S/C26H28N2O6S/c1-17-5-9-22(10-6-17)35(30,31)28-12-11-18-7-8-21(13-20(18)16-28)27-26(29)19-14-23(32-2)25(34-4)24(15-19)33-3/h5-10,13-15H,11-12,16H2,1-4H3,(H,27,29). The third-order valence-corrected chi connectivity index (χ3v) is 7.89. The van der Waals surface area contributed by atoms with Crippen LogP contribution in [0.1, 0.15) is 27.0 Å². The predicted molar refractivity (Wildman–Crippen MR) is 133 cm³/mol. The number of aryl methyl sites for hydroxylation is 1. The lowest BCUT2D eigenvalue weighted by Crippen LogP contribution is -2.36. The zero-order chi connectivity index (χ0) is 25.2. The summed E-state index contributed by atoms with van der Waals surface area (Å²) in [6.07, 6.45) is 0.599. The molecule has 0 saturated heterocycles. The molecule has 8 nitrogen and oxygen atoms in total. The fourth-order valence-electron chi connectivity index (χ4n) is 4.09. The van der Waals surface area contributed by atoms with Gasteiger partial charge in [-0.2, -0.15) is 4.31 Å². The van der Waals surface area contributed by atoms with Crippen LogP contribution in [0.15, 0.2) is 59.5 Å². The smallest absolute Gasteiger partial charge is 0.255 e. The van der Waals surface area contributed by atoms with Crippen molar-refractivity contribution in [3.8, 4) is 17.2 Å². The van der Waals surface area contributed by atoms with Gasteiger partial charge in [-0.15, -0.1) is 0 Å². The summed E-state index contributed by atoms with van der Waals surface area (Å²) in [6, 6.07) is 15.6. The van der Waals surface area contributed by atoms with E-state index < -0.39 is 10.0 Å². The number of amides is 1. The zero-order valence-electron chi connectivity index (χ0n) is 20.1. The summed E-state index contributed by atoms with van der Waals surface area (Å²) < 4.78 is 43.8. The van der Waals surface area contributed by atoms with E-state index in [2.05, 4.69) is 5.32 Å². The minimum atomic E-state index is -3.62. The molecule has 1 amide bonds. The number of carbonyl (C=O) groups is 1. The number of benzene rings is 3. The molecule has 0 spiro atoms. The van der Waals surface area contributed by atoms with E-state index in [9.17, 15) is 13.2 Å². The highest BCUT2D eigenvalue weighted by molar-refractivity contribution is 7.89. The van der Waals surface area contributed by atoms with Crippen molar-refractivity contribution in [2.45, 2.75) is 24.8 Å². The second-order valence-corrected chi connectivity index (χ2v) is 10.2. The molecule has 1 N–H and O–H groups in total. The van der Waals surface area contributed by atoms with E-state index in [4.69, 9.17) is 14.2 Å². The molecule has 3 aromatic rings. The van der Waals surface area contributed by atoms with Crippen LogP contribution in [-0.4, -0.2) is 46.5 Å². The maximum Gasteiger partial charge on any atom is 0.255 e. The lowest BCUT2D eigenvalue weighted by Gasteiger charge is -2.28. The number of carbonyl (C=O) groups excluding carboxylic acids is 1. The molecule has 1 aliphatic heterocycles. The monoisotopic (exact) mass is 496 g/mol. The molecule has 0 radical (unpaired) electrons. The van der Waals surface area contributed by atoms with Crippen LogP contribution in [0.3, 0.4) is 0 Å². The number of fused-ring (bicyclic) bond motifs is 1. The average Bonchev–Trinajstić information content (AvgIpc) is 2.87. The number of anilines is 1. The molecule has 0 aliphatic carbocycles. The first-order valence-electron chi connectivity index (χ1n) is 11.1. The van der Waals surface area contributed by atoms with Gasteiger partial charge in [-0.25, -0.2) is 8.42 Å². The van der Waals surface area contributed by atoms with Crippen molar-refractivity contribution < 1.29 is 27.4 Å². The molecule has 0 aromatic heterocycles. The number of nitrogens with zero attached hydrogens (tertiary/aromatic N) is 1. The molecule has 1 aliphatic rings. The van der Waals surface area contributed by atoms with Crippen LogP contribution < -0.4 is 19.5 Å². The van der Waals surface area contributed by atoms with Crippen LogP contribution >= 0.6 is 0 Å². The Morgan fingerprint density at radius 1 is 0.886 bits per heavy atom. The van der Waals surface area contributed by atoms with E-state index in [1.54, 1.807) is 36.4 Å². The summed E-state index contributed by atoms with van der Waals surface area (Å²) in [5.41, 5.74) is 3.82. The van der Waals surface area contributed by atoms with E-state index in [-0.39, 0.29) is 17.3 Å². The zero-order valence-corrected chi connectivity index (χ0v) is 20.9. The Morgan fingerprint density at radius 2 is 1.54 bits per heavy atom. The Kier molecular flexibility index (Phi) is 7.00. The van der Waals surface area contributed by atoms with E-state index >= 15 is 0 Å². The van der Waals surface area contributed by atoms with Gasteiger partial charge in [0.2, 0.25) is 15.8 Å². The number of rotatable bonds is 7. The second-order valence-electron chi connectivity index (χ2n) is 8.25. The molecule has 184 valence electrons. The molecule has 0 fully saturated rings. The van der Waals surface area contributed by atoms with Crippen LogP contribution in [0.4, 0.5) is 5.69 Å². The maximum atomic E-state index is 13.2. The average molecular weight is 497 g/mol. The summed E-state index contributed by atoms with van der Waals surface area (Å²) in [4.78, 5) is 13.3. The number of nitrogens with one attached hydrogen (secondary N) is 1. The molecule has 9 heteroatoms. The first kappa shape index (κ1) is 24.6. The number of ether oxygens (including phenoxy) is 3. The van der Waals surface area contributed by atoms with Crippen molar-refractivity contribution in [3.05, 3.63) is 76.9 Å². The number of hydrogen-bond donors (Lipinski definition) is 1. The molecule has 35 heavy (non-hydrogen) atoms. The molecular formula is C26H28N2O6S. The van der Waals surface area contributed by atoms with Gasteiger partial charge in [0.1, 0.15) is 0 Å². The van der Waals surface area contributed by atoms with E-state index in [0.717, 1.165) is 16.7 Å². The van der Waals surface area contributed by atoms with Crippen molar-refractivity contribution in [2.75, 3.05) is 33.2 Å². The molecule has 0 saturated carbocycles. The molecule has 3 aromatic carbocycles. The molecule has 0 atom stereocenters. The van der Waals surface area contributed by atoms with E-state index in [1.807, 2.05) is 25.1 Å². The first-order valence-corrected chi connectivity index (χ1v) is 12.5. The topological polar surface area (TPSA) is 94.2 Å². The highest BCUT2D eigenvalue weighted by atomic mass is 32.2. The Labute approximate surface area is 205 Å². The van der Waals surface area contributed by atoms with Gasteiger partial charge in [0, 0.05) is 24.3 Å². The fraction of sp³-hybridized carbons (Fsp3) is 0.269. The van der Waals surface area contributed by atoms with Gasteiger partial charge in [0.05, 0.1) is 26.2 Å². The van der Waals surface area contributed by atoms with Gasteiger partial charge in [-0.1, -0.05) is 23.8 Å². The summed E-state index contributed by atoms with van der Waals surface area (Å²) in [5.74, 6) is 0.790. The largest absolute Gasteiger partial charge is 0.493 e. The van der Waals surface area contributed by atoms with Gasteiger partial charge in [0.25, 0.3) is 5.91 Å². The van der Waals surface area contributed by atoms with Crippen molar-refractivity contribution in [3.63, 3.8) is 0 Å². The molecular weight excluding hydrogens is 468 g/mol. The first-order chi connectivity index (χ1) is 16.8. The SMILES string of the molecule is COc1cc(C(=O)Nc2ccc3c(c2)CN(S(=O)(=O)c2ccc(C)cc2)CC3)cc(OC)c1OC. The Bertz CT molecular complexity index is 1330. The maximum absolute atomic E-state index is 13.2. The minimum Gasteiger partial charge on any atom is -0.493 e. The summed E-state index contributed by atoms with van der Waals surface area (Å²) in [6.45, 7) is 2.56. The highest BCUT2D eigenvalue weighted by Gasteiger charge is 2.28. The molecule has 1 heterocycles. The van der Waals surface area contributed by atoms with Crippen molar-refractivity contribution in [1.82, 2.24) is 4.31 Å². The van der Waals surface area contributed by atoms with Gasteiger partial charge in [-0.05, 0) is 60.9 Å². The Balaban J connectivity index is 1.56. The second kappa shape index (κ2) is 9.97. The van der Waals surface area contributed by atoms with E-state index in [1.165, 1.54) is 25.6 Å². The Hall–Kier alpha value is -3.56. The van der Waals surface area contributed by atoms with Gasteiger partial charge >= 0.3 is 0 Å². The van der Waals surface area contributed by atoms with Gasteiger partial charge in [-0.3, -0.25) is 4.79 Å². The normalized spacial score (nSPS) is 13.6. The Morgan fingerprint density at radius 3 is 2.14 bits per heavy atom. The predicted octanol–water partition coefficient (Wildman–Crippen LogP) is 4.02. The van der Waals surface area contributed by atoms with Crippen LogP contribution in [0.2, 0.25) is 0 Å². The highest BCUT2D eigenvalue weighted by Crippen LogP contribution is 2.38. The summed E-state index contributed by atoms with van der Waals surface area (Å²) in [5, 5.41) is 2.88. The lowest BCUT2D eigenvalue weighted by molar-refractivity contribution is 0.102. The van der Waals surface area contributed by atoms with Crippen LogP contribution in [0.5, 0.6) is 17.2 Å². The lowest BCUT2D eigenvalue weighted by atomic mass is 10.0. The van der Waals surface area contributed by atoms with Crippen LogP contribution in [-0.2, 0) is 23.0 Å². The summed E-state index contributed by atoms with van der Waals surface area (Å²) >= 11 is 0. The molecule has 4 rings (SSSR count). The van der Waals surface area contributed by atoms with Crippen molar-refractivity contribution >= 4 is 21.6 Å². The van der Waals surface area contributed by atoms with Crippen LogP contribution in [0, 0.1) is 6.92 Å². The summed E-state index contributed by atoms with van der Waals surface area (Å²) in [7, 11) is 0.849. The number of sulfonamides is 1. The van der Waals surface area contributed by atoms with Crippen LogP contribution in [0.25, 0.3) is 0 Å². The van der Waals surface area contributed by atoms with Gasteiger partial charge in [0.15, 0.2) is 11.5 Å². The number of hydrogen-bond acceptors (Lipinski definition) is 6. The third-order valence-electron chi connectivity index (χ3n) is 6.03. The van der Waals surface area contributed by atoms with Gasteiger partial charge < -0.3 is 19.5 Å².